The van der Waals surface area contributed by atoms with E-state index in [1.54, 1.807) is 12.1 Å². The van der Waals surface area contributed by atoms with Crippen LogP contribution in [0.4, 0.5) is 0 Å². The molecule has 1 rings (SSSR count). The van der Waals surface area contributed by atoms with Gasteiger partial charge in [-0.1, -0.05) is 12.1 Å². The van der Waals surface area contributed by atoms with Crippen molar-refractivity contribution in [3.05, 3.63) is 29.8 Å². The zero-order chi connectivity index (χ0) is 8.10. The van der Waals surface area contributed by atoms with E-state index in [1.807, 2.05) is 12.1 Å². The lowest BCUT2D eigenvalue weighted by Gasteiger charge is -1.98. The third-order valence-electron chi connectivity index (χ3n) is 1.58. The number of nitrogens with one attached hydrogen (secondary N) is 1. The van der Waals surface area contributed by atoms with E-state index in [0.29, 0.717) is 12.3 Å². The van der Waals surface area contributed by atoms with Crippen LogP contribution < -0.4 is 5.73 Å². The molecule has 1 aromatic rings. The number of phenolic OH excluding ortho intramolecular Hbond substituents is 1. The van der Waals surface area contributed by atoms with Gasteiger partial charge in [0.1, 0.15) is 5.75 Å². The quantitative estimate of drug-likeness (QED) is 0.698. The van der Waals surface area contributed by atoms with E-state index >= 15 is 0 Å². The molecule has 0 heterocycles. The normalized spacial score (nSPS) is 9.91. The standard InChI is InChI=1S/C9H12NO/c10-7-1-2-8-3-5-9(11)6-4-8/h3-6,10-11H,1-2,7H2. The molecule has 0 bridgehead atoms. The predicted molar refractivity (Wildman–Crippen MR) is 44.4 cm³/mol. The summed E-state index contributed by atoms with van der Waals surface area (Å²) in [5, 5.41) is 8.95. The molecule has 0 aromatic heterocycles. The summed E-state index contributed by atoms with van der Waals surface area (Å²) in [6.07, 6.45) is 1.83. The zero-order valence-corrected chi connectivity index (χ0v) is 6.38. The van der Waals surface area contributed by atoms with Crippen molar-refractivity contribution in [1.82, 2.24) is 5.73 Å². The van der Waals surface area contributed by atoms with Crippen molar-refractivity contribution in [2.45, 2.75) is 12.8 Å². The number of benzene rings is 1. The molecule has 0 spiro atoms. The largest absolute Gasteiger partial charge is 0.508 e. The van der Waals surface area contributed by atoms with Crippen molar-refractivity contribution in [3.8, 4) is 5.75 Å². The summed E-state index contributed by atoms with van der Waals surface area (Å²) in [5.41, 5.74) is 8.13. The average molecular weight is 150 g/mol. The minimum Gasteiger partial charge on any atom is -0.508 e. The van der Waals surface area contributed by atoms with Crippen molar-refractivity contribution >= 4 is 0 Å². The van der Waals surface area contributed by atoms with Gasteiger partial charge < -0.3 is 5.11 Å². The monoisotopic (exact) mass is 150 g/mol. The molecule has 0 aliphatic rings. The number of rotatable bonds is 3. The summed E-state index contributed by atoms with van der Waals surface area (Å²) in [7, 11) is 0. The first-order chi connectivity index (χ1) is 5.33. The number of hydrogen-bond acceptors (Lipinski definition) is 1. The maximum Gasteiger partial charge on any atom is 0.115 e. The van der Waals surface area contributed by atoms with Crippen molar-refractivity contribution in [1.29, 1.82) is 0 Å². The molecule has 0 atom stereocenters. The van der Waals surface area contributed by atoms with Gasteiger partial charge in [0, 0.05) is 6.54 Å². The van der Waals surface area contributed by atoms with E-state index < -0.39 is 0 Å². The molecule has 0 amide bonds. The van der Waals surface area contributed by atoms with Crippen LogP contribution in [-0.4, -0.2) is 11.7 Å². The Bertz CT molecular complexity index is 205. The lowest BCUT2D eigenvalue weighted by atomic mass is 10.1. The highest BCUT2D eigenvalue weighted by Gasteiger charge is 1.91. The molecule has 2 N–H and O–H groups in total. The van der Waals surface area contributed by atoms with E-state index in [4.69, 9.17) is 10.8 Å². The number of aryl methyl sites for hydroxylation is 1. The molecule has 0 saturated carbocycles. The predicted octanol–water partition coefficient (Wildman–Crippen LogP) is 1.61. The van der Waals surface area contributed by atoms with Gasteiger partial charge in [-0.15, -0.1) is 0 Å². The van der Waals surface area contributed by atoms with Crippen molar-refractivity contribution in [3.63, 3.8) is 0 Å². The van der Waals surface area contributed by atoms with Crippen LogP contribution in [0.15, 0.2) is 24.3 Å². The molecule has 0 aliphatic heterocycles. The molecule has 0 fully saturated rings. The van der Waals surface area contributed by atoms with Gasteiger partial charge in [-0.25, -0.2) is 0 Å². The van der Waals surface area contributed by atoms with Crippen molar-refractivity contribution in [2.75, 3.05) is 6.54 Å². The summed E-state index contributed by atoms with van der Waals surface area (Å²) in [4.78, 5) is 0. The molecule has 1 radical (unpaired) electrons. The Kier molecular flexibility index (Phi) is 2.93. The van der Waals surface area contributed by atoms with Crippen molar-refractivity contribution in [2.24, 2.45) is 0 Å². The van der Waals surface area contributed by atoms with Crippen molar-refractivity contribution < 1.29 is 5.11 Å². The molecule has 1 aromatic carbocycles. The SMILES string of the molecule is [NH]CCCc1ccc(O)cc1. The molecule has 2 heteroatoms. The number of hydrogen-bond donors (Lipinski definition) is 1. The fraction of sp³-hybridized carbons (Fsp3) is 0.333. The molecular weight excluding hydrogens is 138 g/mol. The highest BCUT2D eigenvalue weighted by atomic mass is 16.3. The van der Waals surface area contributed by atoms with Gasteiger partial charge in [-0.2, -0.15) is 0 Å². The Morgan fingerprint density at radius 3 is 2.36 bits per heavy atom. The molecule has 11 heavy (non-hydrogen) atoms. The van der Waals surface area contributed by atoms with Gasteiger partial charge in [0.05, 0.1) is 0 Å². The second-order valence-corrected chi connectivity index (χ2v) is 2.52. The third kappa shape index (κ3) is 2.60. The zero-order valence-electron chi connectivity index (χ0n) is 6.38. The molecule has 2 nitrogen and oxygen atoms in total. The molecule has 0 unspecified atom stereocenters. The summed E-state index contributed by atoms with van der Waals surface area (Å²) in [6, 6.07) is 7.15. The average Bonchev–Trinajstić information content (AvgIpc) is 2.04. The first-order valence-electron chi connectivity index (χ1n) is 3.75. The van der Waals surface area contributed by atoms with Gasteiger partial charge in [0.15, 0.2) is 0 Å². The molecule has 59 valence electrons. The van der Waals surface area contributed by atoms with Gasteiger partial charge in [-0.05, 0) is 30.5 Å². The molecule has 0 saturated heterocycles. The van der Waals surface area contributed by atoms with Crippen LogP contribution >= 0.6 is 0 Å². The Morgan fingerprint density at radius 2 is 1.82 bits per heavy atom. The van der Waals surface area contributed by atoms with Gasteiger partial charge in [0.2, 0.25) is 0 Å². The van der Waals surface area contributed by atoms with Gasteiger partial charge in [-0.3, -0.25) is 5.73 Å². The van der Waals surface area contributed by atoms with Crippen LogP contribution in [0.25, 0.3) is 0 Å². The second-order valence-electron chi connectivity index (χ2n) is 2.52. The lowest BCUT2D eigenvalue weighted by Crippen LogP contribution is -1.89. The van der Waals surface area contributed by atoms with Crippen LogP contribution in [0.1, 0.15) is 12.0 Å². The highest BCUT2D eigenvalue weighted by molar-refractivity contribution is 5.25. The number of phenols is 1. The summed E-state index contributed by atoms with van der Waals surface area (Å²) in [5.74, 6) is 0.305. The Balaban J connectivity index is 2.52. The maximum absolute atomic E-state index is 8.95. The summed E-state index contributed by atoms with van der Waals surface area (Å²) in [6.45, 7) is 0.473. The van der Waals surface area contributed by atoms with E-state index in [-0.39, 0.29) is 0 Å². The van der Waals surface area contributed by atoms with Crippen LogP contribution in [-0.2, 0) is 6.42 Å². The Morgan fingerprint density at radius 1 is 1.18 bits per heavy atom. The maximum atomic E-state index is 8.95. The topological polar surface area (TPSA) is 44.0 Å². The molecular formula is C9H12NO. The Hall–Kier alpha value is -1.02. The van der Waals surface area contributed by atoms with Crippen LogP contribution in [0.2, 0.25) is 0 Å². The minimum absolute atomic E-state index is 0.305. The Labute approximate surface area is 66.7 Å². The number of aromatic hydroxyl groups is 1. The fourth-order valence-electron chi connectivity index (χ4n) is 0.955. The third-order valence-corrected chi connectivity index (χ3v) is 1.58. The van der Waals surface area contributed by atoms with E-state index in [0.717, 1.165) is 12.8 Å². The van der Waals surface area contributed by atoms with E-state index in [9.17, 15) is 0 Å². The van der Waals surface area contributed by atoms with Crippen LogP contribution in [0, 0.1) is 0 Å². The fourth-order valence-corrected chi connectivity index (χ4v) is 0.955. The first kappa shape index (κ1) is 8.08. The lowest BCUT2D eigenvalue weighted by molar-refractivity contribution is 0.475. The van der Waals surface area contributed by atoms with Crippen LogP contribution in [0.3, 0.4) is 0 Å². The smallest absolute Gasteiger partial charge is 0.115 e. The summed E-state index contributed by atoms with van der Waals surface area (Å²) >= 11 is 0. The highest BCUT2D eigenvalue weighted by Crippen LogP contribution is 2.10. The molecule has 0 aliphatic carbocycles. The minimum atomic E-state index is 0.305. The second kappa shape index (κ2) is 3.98. The van der Waals surface area contributed by atoms with Crippen LogP contribution in [0.5, 0.6) is 5.75 Å². The van der Waals surface area contributed by atoms with E-state index in [2.05, 4.69) is 0 Å². The van der Waals surface area contributed by atoms with Gasteiger partial charge >= 0.3 is 0 Å². The van der Waals surface area contributed by atoms with E-state index in [1.165, 1.54) is 5.56 Å². The van der Waals surface area contributed by atoms with Gasteiger partial charge in [0.25, 0.3) is 0 Å². The first-order valence-corrected chi connectivity index (χ1v) is 3.75. The summed E-state index contributed by atoms with van der Waals surface area (Å²) < 4.78 is 0.